The lowest BCUT2D eigenvalue weighted by Gasteiger charge is -2.30. The highest BCUT2D eigenvalue weighted by atomic mass is 32.2. The minimum atomic E-state index is -3.61. The van der Waals surface area contributed by atoms with Gasteiger partial charge in [0, 0.05) is 18.8 Å². The second-order valence-electron chi connectivity index (χ2n) is 7.97. The average Bonchev–Trinajstić information content (AvgIpc) is 2.69. The number of nitrogens with one attached hydrogen (secondary N) is 1. The Morgan fingerprint density at radius 3 is 2.31 bits per heavy atom. The Hall–Kier alpha value is -1.48. The standard InChI is InChI=1S/C21H33N3O4S/c1-17-8-9-19(16-20(17)29(26,27)24-12-14-28-15-13-24)22-21(25)18(2)23-10-6-4-3-5-7-11-23/h8-9,16,18H,3-7,10-15H2,1-2H3,(H,22,25)/t18-/m0/s1. The molecule has 29 heavy (non-hydrogen) atoms. The first-order valence-electron chi connectivity index (χ1n) is 10.6. The molecule has 0 aromatic heterocycles. The van der Waals surface area contributed by atoms with Crippen molar-refractivity contribution in [3.8, 4) is 0 Å². The van der Waals surface area contributed by atoms with Crippen molar-refractivity contribution in [3.63, 3.8) is 0 Å². The van der Waals surface area contributed by atoms with Gasteiger partial charge in [0.2, 0.25) is 15.9 Å². The normalized spacial score (nSPS) is 21.2. The zero-order valence-corrected chi connectivity index (χ0v) is 18.3. The third-order valence-corrected chi connectivity index (χ3v) is 7.90. The van der Waals surface area contributed by atoms with E-state index in [1.54, 1.807) is 25.1 Å². The van der Waals surface area contributed by atoms with E-state index in [1.165, 1.54) is 23.6 Å². The summed E-state index contributed by atoms with van der Waals surface area (Å²) in [6.07, 6.45) is 5.93. The summed E-state index contributed by atoms with van der Waals surface area (Å²) in [5.74, 6) is -0.0934. The van der Waals surface area contributed by atoms with E-state index in [1.807, 2.05) is 6.92 Å². The molecule has 1 aromatic carbocycles. The van der Waals surface area contributed by atoms with E-state index in [9.17, 15) is 13.2 Å². The Labute approximate surface area is 174 Å². The molecule has 7 nitrogen and oxygen atoms in total. The quantitative estimate of drug-likeness (QED) is 0.788. The van der Waals surface area contributed by atoms with Crippen molar-refractivity contribution in [1.82, 2.24) is 9.21 Å². The lowest BCUT2D eigenvalue weighted by molar-refractivity contribution is -0.120. The first-order chi connectivity index (χ1) is 13.9. The number of benzene rings is 1. The predicted molar refractivity (Wildman–Crippen MR) is 114 cm³/mol. The summed E-state index contributed by atoms with van der Waals surface area (Å²) in [6.45, 7) is 7.08. The smallest absolute Gasteiger partial charge is 0.243 e. The monoisotopic (exact) mass is 423 g/mol. The van der Waals surface area contributed by atoms with Gasteiger partial charge in [-0.25, -0.2) is 8.42 Å². The van der Waals surface area contributed by atoms with Crippen LogP contribution in [-0.4, -0.2) is 69.0 Å². The maximum atomic E-state index is 13.0. The third kappa shape index (κ3) is 5.57. The number of carbonyl (C=O) groups excluding carboxylic acids is 1. The molecule has 3 rings (SSSR count). The molecule has 0 spiro atoms. The topological polar surface area (TPSA) is 79.0 Å². The molecular weight excluding hydrogens is 390 g/mol. The largest absolute Gasteiger partial charge is 0.379 e. The Bertz CT molecular complexity index is 798. The lowest BCUT2D eigenvalue weighted by Crippen LogP contribution is -2.43. The number of ether oxygens (including phenoxy) is 1. The molecule has 2 saturated heterocycles. The zero-order valence-electron chi connectivity index (χ0n) is 17.5. The van der Waals surface area contributed by atoms with Gasteiger partial charge in [-0.3, -0.25) is 9.69 Å². The maximum Gasteiger partial charge on any atom is 0.243 e. The molecule has 0 radical (unpaired) electrons. The predicted octanol–water partition coefficient (Wildman–Crippen LogP) is 2.61. The Morgan fingerprint density at radius 2 is 1.66 bits per heavy atom. The van der Waals surface area contributed by atoms with Gasteiger partial charge in [0.15, 0.2) is 0 Å². The van der Waals surface area contributed by atoms with Crippen molar-refractivity contribution < 1.29 is 17.9 Å². The van der Waals surface area contributed by atoms with E-state index in [0.29, 0.717) is 37.6 Å². The minimum Gasteiger partial charge on any atom is -0.379 e. The fourth-order valence-electron chi connectivity index (χ4n) is 3.95. The molecule has 2 heterocycles. The number of amides is 1. The molecular formula is C21H33N3O4S. The molecule has 0 unspecified atom stereocenters. The highest BCUT2D eigenvalue weighted by molar-refractivity contribution is 7.89. The summed E-state index contributed by atoms with van der Waals surface area (Å²) in [5, 5.41) is 2.93. The molecule has 1 N–H and O–H groups in total. The number of sulfonamides is 1. The van der Waals surface area contributed by atoms with Crippen LogP contribution in [0.5, 0.6) is 0 Å². The van der Waals surface area contributed by atoms with Gasteiger partial charge in [-0.1, -0.05) is 25.3 Å². The number of aryl methyl sites for hydroxylation is 1. The number of hydrogen-bond donors (Lipinski definition) is 1. The van der Waals surface area contributed by atoms with E-state index in [-0.39, 0.29) is 16.8 Å². The van der Waals surface area contributed by atoms with E-state index in [0.717, 1.165) is 25.9 Å². The van der Waals surface area contributed by atoms with Crippen molar-refractivity contribution in [2.45, 2.75) is 56.9 Å². The van der Waals surface area contributed by atoms with Gasteiger partial charge in [-0.05, 0) is 57.5 Å². The number of likely N-dealkylation sites (tertiary alicyclic amines) is 1. The molecule has 2 aliphatic heterocycles. The van der Waals surface area contributed by atoms with Crippen molar-refractivity contribution in [3.05, 3.63) is 23.8 Å². The van der Waals surface area contributed by atoms with Crippen LogP contribution in [0.2, 0.25) is 0 Å². The van der Waals surface area contributed by atoms with Gasteiger partial charge in [0.05, 0.1) is 24.2 Å². The molecule has 1 aromatic rings. The van der Waals surface area contributed by atoms with Crippen molar-refractivity contribution >= 4 is 21.6 Å². The molecule has 0 saturated carbocycles. The molecule has 162 valence electrons. The average molecular weight is 424 g/mol. The van der Waals surface area contributed by atoms with Crippen LogP contribution in [0.4, 0.5) is 5.69 Å². The van der Waals surface area contributed by atoms with Crippen LogP contribution in [0.25, 0.3) is 0 Å². The molecule has 0 aliphatic carbocycles. The maximum absolute atomic E-state index is 13.0. The summed E-state index contributed by atoms with van der Waals surface area (Å²) in [4.78, 5) is 15.3. The number of hydrogen-bond acceptors (Lipinski definition) is 5. The second-order valence-corrected chi connectivity index (χ2v) is 9.87. The van der Waals surface area contributed by atoms with Crippen LogP contribution < -0.4 is 5.32 Å². The third-order valence-electron chi connectivity index (χ3n) is 5.86. The molecule has 8 heteroatoms. The van der Waals surface area contributed by atoms with Gasteiger partial charge >= 0.3 is 0 Å². The van der Waals surface area contributed by atoms with Crippen molar-refractivity contribution in [2.75, 3.05) is 44.7 Å². The Kier molecular flexibility index (Phi) is 7.67. The molecule has 2 fully saturated rings. The number of nitrogens with zero attached hydrogens (tertiary/aromatic N) is 2. The fraction of sp³-hybridized carbons (Fsp3) is 0.667. The summed E-state index contributed by atoms with van der Waals surface area (Å²) < 4.78 is 32.8. The van der Waals surface area contributed by atoms with Gasteiger partial charge < -0.3 is 10.1 Å². The lowest BCUT2D eigenvalue weighted by atomic mass is 10.1. The molecule has 1 amide bonds. The van der Waals surface area contributed by atoms with E-state index >= 15 is 0 Å². The van der Waals surface area contributed by atoms with E-state index < -0.39 is 10.0 Å². The van der Waals surface area contributed by atoms with Gasteiger partial charge in [-0.15, -0.1) is 0 Å². The highest BCUT2D eigenvalue weighted by Gasteiger charge is 2.28. The summed E-state index contributed by atoms with van der Waals surface area (Å²) in [6, 6.07) is 4.86. The van der Waals surface area contributed by atoms with E-state index in [4.69, 9.17) is 4.74 Å². The Morgan fingerprint density at radius 1 is 1.03 bits per heavy atom. The zero-order chi connectivity index (χ0) is 20.9. The van der Waals surface area contributed by atoms with Crippen molar-refractivity contribution in [2.24, 2.45) is 0 Å². The first-order valence-corrected chi connectivity index (χ1v) is 12.1. The van der Waals surface area contributed by atoms with Gasteiger partial charge in [0.1, 0.15) is 0 Å². The van der Waals surface area contributed by atoms with Gasteiger partial charge in [0.25, 0.3) is 0 Å². The number of rotatable bonds is 5. The van der Waals surface area contributed by atoms with Crippen LogP contribution in [0.1, 0.15) is 44.6 Å². The molecule has 2 aliphatic rings. The molecule has 1 atom stereocenters. The fourth-order valence-corrected chi connectivity index (χ4v) is 5.61. The van der Waals surface area contributed by atoms with Crippen LogP contribution in [-0.2, 0) is 19.6 Å². The first kappa shape index (κ1) is 22.2. The van der Waals surface area contributed by atoms with Crippen molar-refractivity contribution in [1.29, 1.82) is 0 Å². The van der Waals surface area contributed by atoms with Crippen LogP contribution in [0.15, 0.2) is 23.1 Å². The minimum absolute atomic E-state index is 0.0934. The number of anilines is 1. The van der Waals surface area contributed by atoms with E-state index in [2.05, 4.69) is 10.2 Å². The second kappa shape index (κ2) is 10.0. The number of morpholine rings is 1. The summed E-state index contributed by atoms with van der Waals surface area (Å²) >= 11 is 0. The highest BCUT2D eigenvalue weighted by Crippen LogP contribution is 2.25. The van der Waals surface area contributed by atoms with Crippen LogP contribution in [0.3, 0.4) is 0 Å². The molecule has 0 bridgehead atoms. The van der Waals surface area contributed by atoms with Crippen LogP contribution >= 0.6 is 0 Å². The van der Waals surface area contributed by atoms with Gasteiger partial charge in [-0.2, -0.15) is 4.31 Å². The number of carbonyl (C=O) groups is 1. The SMILES string of the molecule is Cc1ccc(NC(=O)[C@H](C)N2CCCCCCC2)cc1S(=O)(=O)N1CCOCC1. The van der Waals surface area contributed by atoms with Crippen LogP contribution in [0, 0.1) is 6.92 Å². The summed E-state index contributed by atoms with van der Waals surface area (Å²) in [5.41, 5.74) is 1.19. The Balaban J connectivity index is 1.72. The summed E-state index contributed by atoms with van der Waals surface area (Å²) in [7, 11) is -3.61.